The van der Waals surface area contributed by atoms with Crippen LogP contribution in [0.3, 0.4) is 0 Å². The van der Waals surface area contributed by atoms with Gasteiger partial charge in [0.1, 0.15) is 0 Å². The fourth-order valence-corrected chi connectivity index (χ4v) is 14.2. The summed E-state index contributed by atoms with van der Waals surface area (Å²) in [7, 11) is -4.37. The van der Waals surface area contributed by atoms with Gasteiger partial charge in [0.05, 0.1) is 0 Å². The molecule has 0 nitrogen and oxygen atoms in total. The maximum absolute atomic E-state index is 5.87. The Balaban J connectivity index is 6.05. The molecule has 0 saturated carbocycles. The minimum absolute atomic E-state index is 1.46. The fraction of sp³-hybridized carbons (Fsp3) is 0.529. The van der Waals surface area contributed by atoms with Gasteiger partial charge in [0.15, 0.2) is 0 Å². The fourth-order valence-electron chi connectivity index (χ4n) is 1.05. The van der Waals surface area contributed by atoms with Crippen LogP contribution in [0, 0.1) is 42.1 Å². The second kappa shape index (κ2) is 7.13. The van der Waals surface area contributed by atoms with E-state index in [1.165, 1.54) is 0 Å². The minimum atomic E-state index is -3.13. The first-order valence-corrected chi connectivity index (χ1v) is 22.0. The molecule has 21 heavy (non-hydrogen) atoms. The summed E-state index contributed by atoms with van der Waals surface area (Å²) in [5, 5.41) is 0. The standard InChI is InChI=1S/C17H28GeSi3/c1-11-18(12-15-19(2,3)4,13-16-20(5,6)7)14-17-21(8,9)10/h1H,2-10H3. The zero-order chi connectivity index (χ0) is 16.9. The molecule has 112 valence electrons. The summed E-state index contributed by atoms with van der Waals surface area (Å²) in [6.07, 6.45) is 5.87. The molecule has 0 N–H and O–H groups in total. The van der Waals surface area contributed by atoms with E-state index in [2.05, 4.69) is 94.6 Å². The van der Waals surface area contributed by atoms with E-state index in [0.717, 1.165) is 0 Å². The Morgan fingerprint density at radius 2 is 0.810 bits per heavy atom. The van der Waals surface area contributed by atoms with E-state index in [-0.39, 0.29) is 0 Å². The van der Waals surface area contributed by atoms with Gasteiger partial charge in [-0.1, -0.05) is 0 Å². The van der Waals surface area contributed by atoms with Crippen molar-refractivity contribution in [1.82, 2.24) is 0 Å². The molecule has 0 radical (unpaired) electrons. The molecule has 0 unspecified atom stereocenters. The number of hydrogen-bond acceptors (Lipinski definition) is 0. The third-order valence-electron chi connectivity index (χ3n) is 2.09. The summed E-state index contributed by atoms with van der Waals surface area (Å²) < 4.78 is 13.3. The average molecular weight is 389 g/mol. The summed E-state index contributed by atoms with van der Waals surface area (Å²) in [4.78, 5) is 0. The summed E-state index contributed by atoms with van der Waals surface area (Å²) >= 11 is -3.13. The molecule has 0 aliphatic rings. The molecule has 0 saturated heterocycles. The van der Waals surface area contributed by atoms with Crippen LogP contribution in [0.5, 0.6) is 0 Å². The van der Waals surface area contributed by atoms with Crippen molar-refractivity contribution in [2.24, 2.45) is 0 Å². The van der Waals surface area contributed by atoms with Crippen LogP contribution in [0.25, 0.3) is 0 Å². The van der Waals surface area contributed by atoms with Crippen LogP contribution >= 0.6 is 0 Å². The van der Waals surface area contributed by atoms with Crippen molar-refractivity contribution in [3.63, 3.8) is 0 Å². The third-order valence-corrected chi connectivity index (χ3v) is 10.3. The van der Waals surface area contributed by atoms with Crippen LogP contribution in [0.1, 0.15) is 0 Å². The number of hydrogen-bond donors (Lipinski definition) is 0. The molecule has 0 fully saturated rings. The molecule has 0 aromatic carbocycles. The third kappa shape index (κ3) is 10.8. The van der Waals surface area contributed by atoms with Crippen LogP contribution < -0.4 is 0 Å². The Morgan fingerprint density at radius 1 is 0.571 bits per heavy atom. The van der Waals surface area contributed by atoms with E-state index in [0.29, 0.717) is 0 Å². The molecule has 4 heteroatoms. The van der Waals surface area contributed by atoms with Gasteiger partial charge >= 0.3 is 138 Å². The molecule has 0 aliphatic heterocycles. The van der Waals surface area contributed by atoms with Gasteiger partial charge in [-0.15, -0.1) is 0 Å². The molecule has 0 heterocycles. The van der Waals surface area contributed by atoms with Crippen molar-refractivity contribution in [2.75, 3.05) is 0 Å². The predicted octanol–water partition coefficient (Wildman–Crippen LogP) is 3.87. The zero-order valence-electron chi connectivity index (χ0n) is 15.1. The second-order valence-corrected chi connectivity index (χ2v) is 28.0. The van der Waals surface area contributed by atoms with Crippen molar-refractivity contribution in [2.45, 2.75) is 58.9 Å². The summed E-state index contributed by atoms with van der Waals surface area (Å²) in [6, 6.07) is 0. The van der Waals surface area contributed by atoms with E-state index in [1.807, 2.05) is 0 Å². The number of rotatable bonds is 0. The molecule has 0 aliphatic carbocycles. The van der Waals surface area contributed by atoms with Crippen LogP contribution in [-0.4, -0.2) is 37.5 Å². The van der Waals surface area contributed by atoms with Gasteiger partial charge in [0.2, 0.25) is 0 Å². The molecule has 0 bridgehead atoms. The summed E-state index contributed by atoms with van der Waals surface area (Å²) in [6.45, 7) is 20.1. The van der Waals surface area contributed by atoms with Crippen molar-refractivity contribution in [1.29, 1.82) is 0 Å². The number of terminal acetylenes is 1. The van der Waals surface area contributed by atoms with E-state index in [4.69, 9.17) is 6.42 Å². The molecule has 0 rings (SSSR count). The van der Waals surface area contributed by atoms with Crippen molar-refractivity contribution >= 4 is 37.5 Å². The average Bonchev–Trinajstić information content (AvgIpc) is 2.25. The van der Waals surface area contributed by atoms with E-state index in [9.17, 15) is 0 Å². The van der Waals surface area contributed by atoms with Crippen LogP contribution in [-0.2, 0) is 0 Å². The van der Waals surface area contributed by atoms with Crippen molar-refractivity contribution < 1.29 is 0 Å². The first-order chi connectivity index (χ1) is 9.18. The summed E-state index contributed by atoms with van der Waals surface area (Å²) in [5.41, 5.74) is 10.3. The van der Waals surface area contributed by atoms with Gasteiger partial charge in [-0.25, -0.2) is 0 Å². The predicted molar refractivity (Wildman–Crippen MR) is 108 cm³/mol. The monoisotopic (exact) mass is 390 g/mol. The van der Waals surface area contributed by atoms with E-state index < -0.39 is 37.5 Å². The maximum atomic E-state index is 5.87. The molecule has 0 spiro atoms. The van der Waals surface area contributed by atoms with Gasteiger partial charge in [0.25, 0.3) is 0 Å². The molecule has 0 atom stereocenters. The first-order valence-electron chi connectivity index (χ1n) is 7.29. The molecular formula is C17H28GeSi3. The molecular weight excluding hydrogens is 361 g/mol. The Bertz CT molecular complexity index is 521. The van der Waals surface area contributed by atoms with Gasteiger partial charge < -0.3 is 0 Å². The van der Waals surface area contributed by atoms with Crippen LogP contribution in [0.15, 0.2) is 0 Å². The van der Waals surface area contributed by atoms with E-state index in [1.54, 1.807) is 0 Å². The Morgan fingerprint density at radius 3 is 0.952 bits per heavy atom. The molecule has 0 amide bonds. The quantitative estimate of drug-likeness (QED) is 0.436. The SMILES string of the molecule is C#[C][Ge]([C]#C[Si](C)(C)C)([C]#C[Si](C)(C)C)[C]#C[Si](C)(C)C. The van der Waals surface area contributed by atoms with Gasteiger partial charge in [0, 0.05) is 0 Å². The van der Waals surface area contributed by atoms with E-state index >= 15 is 0 Å². The van der Waals surface area contributed by atoms with Gasteiger partial charge in [-0.3, -0.25) is 0 Å². The topological polar surface area (TPSA) is 0 Å². The molecule has 0 aromatic heterocycles. The Kier molecular flexibility index (Phi) is 6.94. The Labute approximate surface area is 138 Å². The molecule has 0 aromatic rings. The second-order valence-electron chi connectivity index (χ2n) is 8.39. The zero-order valence-corrected chi connectivity index (χ0v) is 20.2. The normalized spacial score (nSPS) is 11.8. The van der Waals surface area contributed by atoms with Gasteiger partial charge in [-0.05, 0) is 0 Å². The first kappa shape index (κ1) is 20.4. The summed E-state index contributed by atoms with van der Waals surface area (Å²) in [5.74, 6) is 0. The Hall–Kier alpha value is -0.566. The van der Waals surface area contributed by atoms with Crippen LogP contribution in [0.4, 0.5) is 0 Å². The van der Waals surface area contributed by atoms with Gasteiger partial charge in [-0.2, -0.15) is 0 Å². The van der Waals surface area contributed by atoms with Crippen molar-refractivity contribution in [3.8, 4) is 42.1 Å². The van der Waals surface area contributed by atoms with Crippen molar-refractivity contribution in [3.05, 3.63) is 0 Å². The van der Waals surface area contributed by atoms with Crippen LogP contribution in [0.2, 0.25) is 58.9 Å².